The Morgan fingerprint density at radius 1 is 1.28 bits per heavy atom. The van der Waals surface area contributed by atoms with Gasteiger partial charge in [0.05, 0.1) is 9.49 Å². The fourth-order valence-electron chi connectivity index (χ4n) is 1.63. The molecule has 4 heteroatoms. The van der Waals surface area contributed by atoms with Crippen molar-refractivity contribution in [2.24, 2.45) is 0 Å². The summed E-state index contributed by atoms with van der Waals surface area (Å²) in [5, 5.41) is 12.2. The lowest BCUT2D eigenvalue weighted by Crippen LogP contribution is -1.99. The van der Waals surface area contributed by atoms with Gasteiger partial charge in [0, 0.05) is 0 Å². The van der Waals surface area contributed by atoms with Gasteiger partial charge in [-0.1, -0.05) is 19.1 Å². The van der Waals surface area contributed by atoms with Crippen molar-refractivity contribution >= 4 is 33.9 Å². The van der Waals surface area contributed by atoms with Crippen molar-refractivity contribution in [1.29, 1.82) is 0 Å². The highest BCUT2D eigenvalue weighted by molar-refractivity contribution is 14.1. The Labute approximate surface area is 125 Å². The molecular formula is C14H15IO2S. The van der Waals surface area contributed by atoms with E-state index in [9.17, 15) is 5.11 Å². The van der Waals surface area contributed by atoms with Crippen LogP contribution < -0.4 is 4.74 Å². The van der Waals surface area contributed by atoms with Crippen molar-refractivity contribution in [3.8, 4) is 5.75 Å². The zero-order valence-corrected chi connectivity index (χ0v) is 13.1. The predicted molar refractivity (Wildman–Crippen MR) is 83.3 cm³/mol. The van der Waals surface area contributed by atoms with Gasteiger partial charge in [-0.15, -0.1) is 11.3 Å². The summed E-state index contributed by atoms with van der Waals surface area (Å²) < 4.78 is 6.70. The van der Waals surface area contributed by atoms with E-state index in [1.165, 1.54) is 2.88 Å². The lowest BCUT2D eigenvalue weighted by atomic mass is 10.0. The van der Waals surface area contributed by atoms with Crippen molar-refractivity contribution < 1.29 is 9.84 Å². The number of aliphatic hydroxyl groups excluding tert-OH is 1. The topological polar surface area (TPSA) is 29.5 Å². The SMILES string of the molecule is CCCOc1ccc(C(O)c2csc(I)c2)cc1. The number of hydrogen-bond acceptors (Lipinski definition) is 3. The van der Waals surface area contributed by atoms with Crippen LogP contribution in [0.15, 0.2) is 35.7 Å². The Balaban J connectivity index is 2.09. The Hall–Kier alpha value is -0.590. The second kappa shape index (κ2) is 6.54. The van der Waals surface area contributed by atoms with E-state index in [-0.39, 0.29) is 0 Å². The third-order valence-corrected chi connectivity index (χ3v) is 4.38. The zero-order valence-electron chi connectivity index (χ0n) is 10.1. The maximum atomic E-state index is 10.2. The maximum absolute atomic E-state index is 10.2. The fraction of sp³-hybridized carbons (Fsp3) is 0.286. The van der Waals surface area contributed by atoms with E-state index in [0.717, 1.165) is 29.9 Å². The first kappa shape index (κ1) is 13.8. The minimum Gasteiger partial charge on any atom is -0.494 e. The molecule has 0 radical (unpaired) electrons. The number of hydrogen-bond donors (Lipinski definition) is 1. The van der Waals surface area contributed by atoms with Crippen LogP contribution in [0.2, 0.25) is 0 Å². The van der Waals surface area contributed by atoms with Gasteiger partial charge in [-0.25, -0.2) is 0 Å². The summed E-state index contributed by atoms with van der Waals surface area (Å²) in [7, 11) is 0. The fourth-order valence-corrected chi connectivity index (χ4v) is 3.02. The zero-order chi connectivity index (χ0) is 13.0. The molecule has 0 saturated carbocycles. The third kappa shape index (κ3) is 3.46. The number of ether oxygens (including phenoxy) is 1. The lowest BCUT2D eigenvalue weighted by Gasteiger charge is -2.10. The first-order valence-corrected chi connectivity index (χ1v) is 7.81. The largest absolute Gasteiger partial charge is 0.494 e. The molecule has 96 valence electrons. The van der Waals surface area contributed by atoms with Crippen molar-refractivity contribution in [2.45, 2.75) is 19.4 Å². The number of rotatable bonds is 5. The molecule has 0 aliphatic carbocycles. The average Bonchev–Trinajstić information content (AvgIpc) is 2.83. The van der Waals surface area contributed by atoms with Crippen LogP contribution in [0.3, 0.4) is 0 Å². The van der Waals surface area contributed by atoms with Gasteiger partial charge in [-0.3, -0.25) is 0 Å². The Morgan fingerprint density at radius 2 is 2.00 bits per heavy atom. The molecule has 0 fully saturated rings. The van der Waals surface area contributed by atoms with Crippen LogP contribution in [0, 0.1) is 2.88 Å². The normalized spacial score (nSPS) is 12.4. The van der Waals surface area contributed by atoms with Gasteiger partial charge < -0.3 is 9.84 Å². The van der Waals surface area contributed by atoms with Crippen LogP contribution in [0.1, 0.15) is 30.6 Å². The van der Waals surface area contributed by atoms with Crippen LogP contribution in [-0.2, 0) is 0 Å². The third-order valence-electron chi connectivity index (χ3n) is 2.57. The molecule has 18 heavy (non-hydrogen) atoms. The molecule has 2 aromatic rings. The van der Waals surface area contributed by atoms with Crippen molar-refractivity contribution in [2.75, 3.05) is 6.61 Å². The number of thiophene rings is 1. The molecule has 0 amide bonds. The van der Waals surface area contributed by atoms with Crippen LogP contribution in [-0.4, -0.2) is 11.7 Å². The molecule has 0 aliphatic rings. The van der Waals surface area contributed by atoms with E-state index in [0.29, 0.717) is 0 Å². The molecule has 1 heterocycles. The first-order valence-electron chi connectivity index (χ1n) is 5.85. The Morgan fingerprint density at radius 3 is 2.56 bits per heavy atom. The Bertz CT molecular complexity index is 493. The Kier molecular flexibility index (Phi) is 5.03. The smallest absolute Gasteiger partial charge is 0.119 e. The second-order valence-corrected chi connectivity index (χ2v) is 6.81. The highest BCUT2D eigenvalue weighted by atomic mass is 127. The molecule has 0 aliphatic heterocycles. The van der Waals surface area contributed by atoms with Crippen LogP contribution >= 0.6 is 33.9 Å². The van der Waals surface area contributed by atoms with Crippen LogP contribution in [0.5, 0.6) is 5.75 Å². The van der Waals surface area contributed by atoms with E-state index >= 15 is 0 Å². The molecule has 0 bridgehead atoms. The molecule has 1 unspecified atom stereocenters. The van der Waals surface area contributed by atoms with Gasteiger partial charge in [0.15, 0.2) is 0 Å². The molecule has 1 aromatic carbocycles. The van der Waals surface area contributed by atoms with Gasteiger partial charge in [0.1, 0.15) is 11.9 Å². The maximum Gasteiger partial charge on any atom is 0.119 e. The number of benzene rings is 1. The average molecular weight is 374 g/mol. The van der Waals surface area contributed by atoms with Crippen molar-refractivity contribution in [1.82, 2.24) is 0 Å². The van der Waals surface area contributed by atoms with Gasteiger partial charge in [0.25, 0.3) is 0 Å². The predicted octanol–water partition coefficient (Wildman–Crippen LogP) is 4.22. The molecular weight excluding hydrogens is 359 g/mol. The van der Waals surface area contributed by atoms with Gasteiger partial charge in [-0.05, 0) is 63.7 Å². The molecule has 1 aromatic heterocycles. The number of aliphatic hydroxyl groups is 1. The minimum atomic E-state index is -0.551. The van der Waals surface area contributed by atoms with Crippen molar-refractivity contribution in [3.63, 3.8) is 0 Å². The first-order chi connectivity index (χ1) is 8.70. The highest BCUT2D eigenvalue weighted by Crippen LogP contribution is 2.28. The molecule has 0 spiro atoms. The van der Waals surface area contributed by atoms with Crippen molar-refractivity contribution in [3.05, 3.63) is 49.7 Å². The summed E-state index contributed by atoms with van der Waals surface area (Å²) in [6, 6.07) is 9.66. The van der Waals surface area contributed by atoms with Crippen LogP contribution in [0.4, 0.5) is 0 Å². The highest BCUT2D eigenvalue weighted by Gasteiger charge is 2.12. The van der Waals surface area contributed by atoms with E-state index in [2.05, 4.69) is 29.5 Å². The minimum absolute atomic E-state index is 0.551. The summed E-state index contributed by atoms with van der Waals surface area (Å²) in [6.07, 6.45) is 0.447. The molecule has 2 nitrogen and oxygen atoms in total. The molecule has 2 rings (SSSR count). The quantitative estimate of drug-likeness (QED) is 0.794. The summed E-state index contributed by atoms with van der Waals surface area (Å²) >= 11 is 3.90. The van der Waals surface area contributed by atoms with Gasteiger partial charge >= 0.3 is 0 Å². The monoisotopic (exact) mass is 374 g/mol. The molecule has 1 N–H and O–H groups in total. The molecule has 0 saturated heterocycles. The van der Waals surface area contributed by atoms with Crippen LogP contribution in [0.25, 0.3) is 0 Å². The second-order valence-electron chi connectivity index (χ2n) is 4.00. The molecule has 1 atom stereocenters. The summed E-state index contributed by atoms with van der Waals surface area (Å²) in [5.74, 6) is 0.854. The number of halogens is 1. The van der Waals surface area contributed by atoms with E-state index < -0.39 is 6.10 Å². The van der Waals surface area contributed by atoms with E-state index in [1.807, 2.05) is 35.7 Å². The van der Waals surface area contributed by atoms with Gasteiger partial charge in [0.2, 0.25) is 0 Å². The lowest BCUT2D eigenvalue weighted by molar-refractivity contribution is 0.220. The van der Waals surface area contributed by atoms with E-state index in [1.54, 1.807) is 11.3 Å². The summed E-state index contributed by atoms with van der Waals surface area (Å²) in [6.45, 7) is 2.81. The van der Waals surface area contributed by atoms with E-state index in [4.69, 9.17) is 4.74 Å². The summed E-state index contributed by atoms with van der Waals surface area (Å²) in [4.78, 5) is 0. The van der Waals surface area contributed by atoms with Gasteiger partial charge in [-0.2, -0.15) is 0 Å². The standard InChI is InChI=1S/C14H15IO2S/c1-2-7-17-12-5-3-10(4-6-12)14(16)11-8-13(15)18-9-11/h3-6,8-9,14,16H,2,7H2,1H3. The summed E-state index contributed by atoms with van der Waals surface area (Å²) in [5.41, 5.74) is 1.85.